The molecule has 3 heterocycles. The van der Waals surface area contributed by atoms with Gasteiger partial charge in [-0.2, -0.15) is 0 Å². The highest BCUT2D eigenvalue weighted by Gasteiger charge is 2.47. The summed E-state index contributed by atoms with van der Waals surface area (Å²) in [4.78, 5) is 7.95. The van der Waals surface area contributed by atoms with Crippen LogP contribution in [0.25, 0.3) is 0 Å². The molecule has 2 aliphatic heterocycles. The summed E-state index contributed by atoms with van der Waals surface area (Å²) in [5.74, 6) is 1.27. The van der Waals surface area contributed by atoms with Crippen molar-refractivity contribution >= 4 is 44.6 Å². The van der Waals surface area contributed by atoms with E-state index in [2.05, 4.69) is 25.8 Å². The molecule has 1 saturated carbocycles. The van der Waals surface area contributed by atoms with Gasteiger partial charge in [-0.3, -0.25) is 0 Å². The molecule has 0 saturated heterocycles. The van der Waals surface area contributed by atoms with Gasteiger partial charge >= 0.3 is 0 Å². The summed E-state index contributed by atoms with van der Waals surface area (Å²) in [6.07, 6.45) is 6.09. The van der Waals surface area contributed by atoms with E-state index in [4.69, 9.17) is 16.3 Å². The molecule has 1 aromatic heterocycles. The first kappa shape index (κ1) is 17.5. The lowest BCUT2D eigenvalue weighted by molar-refractivity contribution is 0.0915. The molecule has 0 spiro atoms. The van der Waals surface area contributed by atoms with Crippen molar-refractivity contribution in [1.82, 2.24) is 4.98 Å². The number of thiazole rings is 1. The number of nitrogens with zero attached hydrogens (tertiary/aromatic N) is 2. The van der Waals surface area contributed by atoms with Crippen LogP contribution in [0, 0.1) is 0 Å². The van der Waals surface area contributed by atoms with E-state index in [1.807, 2.05) is 30.5 Å². The zero-order valence-corrected chi connectivity index (χ0v) is 18.0. The molecule has 3 nitrogen and oxygen atoms in total. The van der Waals surface area contributed by atoms with Crippen molar-refractivity contribution < 1.29 is 9.13 Å². The van der Waals surface area contributed by atoms with Crippen LogP contribution in [0.15, 0.2) is 46.3 Å². The Labute approximate surface area is 180 Å². The summed E-state index contributed by atoms with van der Waals surface area (Å²) in [5.41, 5.74) is 2.97. The molecular formula is C21H17BrClFN2OS. The Balaban J connectivity index is 1.49. The highest BCUT2D eigenvalue weighted by molar-refractivity contribution is 9.11. The summed E-state index contributed by atoms with van der Waals surface area (Å²) in [5, 5.41) is 1.90. The highest BCUT2D eigenvalue weighted by Crippen LogP contribution is 2.52. The number of rotatable bonds is 2. The van der Waals surface area contributed by atoms with Gasteiger partial charge in [0.2, 0.25) is 6.23 Å². The van der Waals surface area contributed by atoms with E-state index in [1.165, 1.54) is 17.8 Å². The first-order chi connectivity index (χ1) is 13.6. The number of hydrogen-bond donors (Lipinski definition) is 0. The van der Waals surface area contributed by atoms with Crippen LogP contribution in [0.2, 0.25) is 5.02 Å². The number of ether oxygens (including phenoxy) is 1. The van der Waals surface area contributed by atoms with Gasteiger partial charge in [0.1, 0.15) is 11.9 Å². The Bertz CT molecular complexity index is 1050. The molecule has 1 aromatic carbocycles. The Hall–Kier alpha value is -1.37. The van der Waals surface area contributed by atoms with Gasteiger partial charge in [-0.1, -0.05) is 27.5 Å². The maximum Gasteiger partial charge on any atom is 0.210 e. The number of benzene rings is 1. The molecule has 1 fully saturated rings. The first-order valence-corrected chi connectivity index (χ1v) is 11.5. The average Bonchev–Trinajstić information content (AvgIpc) is 3.26. The predicted molar refractivity (Wildman–Crippen MR) is 113 cm³/mol. The molecule has 4 aliphatic rings. The smallest absolute Gasteiger partial charge is 0.210 e. The van der Waals surface area contributed by atoms with E-state index >= 15 is 4.39 Å². The van der Waals surface area contributed by atoms with Crippen molar-refractivity contribution in [1.29, 1.82) is 0 Å². The summed E-state index contributed by atoms with van der Waals surface area (Å²) in [6, 6.07) is 5.87. The topological polar surface area (TPSA) is 25.4 Å². The highest BCUT2D eigenvalue weighted by atomic mass is 79.9. The van der Waals surface area contributed by atoms with E-state index in [1.54, 1.807) is 11.3 Å². The number of allylic oxidation sites excluding steroid dienone is 2. The molecule has 3 atom stereocenters. The summed E-state index contributed by atoms with van der Waals surface area (Å²) < 4.78 is 22.4. The van der Waals surface area contributed by atoms with Crippen LogP contribution in [-0.4, -0.2) is 17.2 Å². The lowest BCUT2D eigenvalue weighted by Crippen LogP contribution is -2.45. The number of fused-ring (bicyclic) bond motifs is 4. The Kier molecular flexibility index (Phi) is 3.94. The largest absolute Gasteiger partial charge is 0.465 e. The van der Waals surface area contributed by atoms with Gasteiger partial charge in [0, 0.05) is 39.3 Å². The predicted octanol–water partition coefficient (Wildman–Crippen LogP) is 6.41. The molecule has 28 heavy (non-hydrogen) atoms. The van der Waals surface area contributed by atoms with E-state index < -0.39 is 6.17 Å². The van der Waals surface area contributed by atoms with Gasteiger partial charge in [0.25, 0.3) is 0 Å². The van der Waals surface area contributed by atoms with Crippen molar-refractivity contribution in [2.75, 3.05) is 4.90 Å². The molecule has 3 unspecified atom stereocenters. The molecule has 0 radical (unpaired) electrons. The Morgan fingerprint density at radius 3 is 2.96 bits per heavy atom. The van der Waals surface area contributed by atoms with Gasteiger partial charge in [0.15, 0.2) is 0 Å². The first-order valence-electron chi connectivity index (χ1n) is 9.51. The number of hydrogen-bond acceptors (Lipinski definition) is 4. The molecule has 7 heteroatoms. The number of aromatic nitrogens is 1. The van der Waals surface area contributed by atoms with Crippen LogP contribution < -0.4 is 4.90 Å². The van der Waals surface area contributed by atoms with Crippen molar-refractivity contribution in [3.8, 4) is 0 Å². The number of alkyl halides is 1. The van der Waals surface area contributed by atoms with Gasteiger partial charge < -0.3 is 9.64 Å². The Morgan fingerprint density at radius 1 is 1.29 bits per heavy atom. The van der Waals surface area contributed by atoms with Crippen LogP contribution in [0.1, 0.15) is 46.9 Å². The van der Waals surface area contributed by atoms with Crippen LogP contribution in [0.5, 0.6) is 0 Å². The molecule has 144 valence electrons. The van der Waals surface area contributed by atoms with Crippen LogP contribution >= 0.6 is 38.9 Å². The second-order valence-corrected chi connectivity index (χ2v) is 10.4. The average molecular weight is 480 g/mol. The summed E-state index contributed by atoms with van der Waals surface area (Å²) in [6.45, 7) is 0. The van der Waals surface area contributed by atoms with E-state index in [0.29, 0.717) is 23.1 Å². The second kappa shape index (κ2) is 6.31. The second-order valence-electron chi connectivity index (χ2n) is 7.83. The maximum atomic E-state index is 15.1. The Morgan fingerprint density at radius 2 is 2.14 bits per heavy atom. The van der Waals surface area contributed by atoms with Gasteiger partial charge in [-0.25, -0.2) is 9.37 Å². The van der Waals surface area contributed by atoms with Gasteiger partial charge in [-0.05, 0) is 49.1 Å². The summed E-state index contributed by atoms with van der Waals surface area (Å²) >= 11 is 11.4. The van der Waals surface area contributed by atoms with Crippen molar-refractivity contribution in [2.45, 2.75) is 50.0 Å². The minimum atomic E-state index is -1.05. The third kappa shape index (κ3) is 2.68. The number of halogens is 3. The molecule has 0 amide bonds. The lowest BCUT2D eigenvalue weighted by Gasteiger charge is -2.43. The van der Waals surface area contributed by atoms with E-state index in [9.17, 15) is 0 Å². The standard InChI is InChI=1S/C21H17BrClFN2OS/c22-12-7-14(24)19-16-6-11-5-13(23)3-4-15(11)26(16)21(27-17(19)8-12)18-9-25-20(28-18)10-1-2-10/h3-5,8-10,14,16,21H,1-2,6-7H2. The zero-order valence-electron chi connectivity index (χ0n) is 14.9. The lowest BCUT2D eigenvalue weighted by atomic mass is 9.91. The fourth-order valence-electron chi connectivity index (χ4n) is 4.49. The van der Waals surface area contributed by atoms with Crippen LogP contribution in [-0.2, 0) is 11.2 Å². The molecule has 6 rings (SSSR count). The molecule has 2 aromatic rings. The molecule has 2 aliphatic carbocycles. The third-order valence-corrected chi connectivity index (χ3v) is 7.89. The van der Waals surface area contributed by atoms with Crippen LogP contribution in [0.4, 0.5) is 10.1 Å². The van der Waals surface area contributed by atoms with Gasteiger partial charge in [0.05, 0.1) is 15.9 Å². The molecule has 0 bridgehead atoms. The fraction of sp³-hybridized carbons (Fsp3) is 0.381. The molecular weight excluding hydrogens is 463 g/mol. The van der Waals surface area contributed by atoms with Crippen molar-refractivity contribution in [3.05, 3.63) is 66.8 Å². The van der Waals surface area contributed by atoms with E-state index in [0.717, 1.165) is 32.6 Å². The minimum Gasteiger partial charge on any atom is -0.465 e. The zero-order chi connectivity index (χ0) is 19.0. The SMILES string of the molecule is FC1CC(Br)=CC2=C1C1Cc3cc(Cl)ccc3N1C(c1cnc(C3CC3)s1)O2. The fourth-order valence-corrected chi connectivity index (χ4v) is 6.30. The molecule has 0 N–H and O–H groups in total. The van der Waals surface area contributed by atoms with E-state index in [-0.39, 0.29) is 12.3 Å². The van der Waals surface area contributed by atoms with Crippen molar-refractivity contribution in [2.24, 2.45) is 0 Å². The number of anilines is 1. The van der Waals surface area contributed by atoms with Crippen molar-refractivity contribution in [3.63, 3.8) is 0 Å². The minimum absolute atomic E-state index is 0.0551. The maximum absolute atomic E-state index is 15.1. The third-order valence-electron chi connectivity index (χ3n) is 5.91. The van der Waals surface area contributed by atoms with Crippen LogP contribution in [0.3, 0.4) is 0 Å². The summed E-state index contributed by atoms with van der Waals surface area (Å²) in [7, 11) is 0. The quantitative estimate of drug-likeness (QED) is 0.498. The van der Waals surface area contributed by atoms with Gasteiger partial charge in [-0.15, -0.1) is 11.3 Å². The monoisotopic (exact) mass is 478 g/mol. The normalized spacial score (nSPS) is 28.5.